The van der Waals surface area contributed by atoms with Crippen molar-refractivity contribution >= 4 is 29.2 Å². The van der Waals surface area contributed by atoms with Crippen LogP contribution in [-0.4, -0.2) is 60.6 Å². The predicted molar refractivity (Wildman–Crippen MR) is 88.9 cm³/mol. The summed E-state index contributed by atoms with van der Waals surface area (Å²) in [6.07, 6.45) is -4.71. The zero-order chi connectivity index (χ0) is 16.3. The van der Waals surface area contributed by atoms with E-state index in [9.17, 15) is 20.4 Å². The standard InChI is InChI=1S/C15H21NO4S2.Na/c17-11-6-10(12(18)14(20)13(11)19)8-16(15(21)22)7-9-4-2-1-3-5-9;/h1-5,10-14,17-20H,6-8H2,(H,21,22);/q;+1/p-1/t10?,11-,12+,13-,14-;/m0./s1. The molecular weight excluding hydrogens is 345 g/mol. The molecule has 0 bridgehead atoms. The second-order valence-corrected chi connectivity index (χ2v) is 6.70. The Labute approximate surface area is 169 Å². The molecule has 23 heavy (non-hydrogen) atoms. The van der Waals surface area contributed by atoms with Crippen molar-refractivity contribution in [2.45, 2.75) is 37.4 Å². The molecule has 1 aromatic carbocycles. The quantitative estimate of drug-likeness (QED) is 0.254. The van der Waals surface area contributed by atoms with Crippen molar-refractivity contribution in [3.8, 4) is 0 Å². The van der Waals surface area contributed by atoms with E-state index >= 15 is 0 Å². The van der Waals surface area contributed by atoms with Gasteiger partial charge in [-0.2, -0.15) is 0 Å². The van der Waals surface area contributed by atoms with Crippen LogP contribution in [0.4, 0.5) is 0 Å². The minimum absolute atomic E-state index is 0. The Morgan fingerprint density at radius 1 is 1.09 bits per heavy atom. The van der Waals surface area contributed by atoms with Gasteiger partial charge in [0.2, 0.25) is 0 Å². The van der Waals surface area contributed by atoms with Crippen LogP contribution in [0.15, 0.2) is 30.3 Å². The molecule has 1 aliphatic carbocycles. The summed E-state index contributed by atoms with van der Waals surface area (Å²) >= 11 is 10.2. The van der Waals surface area contributed by atoms with Crippen molar-refractivity contribution in [2.24, 2.45) is 5.92 Å². The number of aliphatic hydroxyl groups excluding tert-OH is 4. The minimum Gasteiger partial charge on any atom is -0.411 e. The summed E-state index contributed by atoms with van der Waals surface area (Å²) < 4.78 is 0.270. The second kappa shape index (κ2) is 9.60. The Balaban J connectivity index is 0.00000264. The summed E-state index contributed by atoms with van der Waals surface area (Å²) in [7, 11) is 0. The van der Waals surface area contributed by atoms with Gasteiger partial charge in [-0.05, 0) is 12.0 Å². The van der Waals surface area contributed by atoms with Gasteiger partial charge in [0.05, 0.1) is 12.2 Å². The Hall–Kier alpha value is 0.170. The fourth-order valence-electron chi connectivity index (χ4n) is 2.77. The van der Waals surface area contributed by atoms with E-state index < -0.39 is 30.3 Å². The first-order valence-electron chi connectivity index (χ1n) is 7.12. The first-order chi connectivity index (χ1) is 10.4. The topological polar surface area (TPSA) is 84.2 Å². The molecule has 0 aliphatic heterocycles. The van der Waals surface area contributed by atoms with Gasteiger partial charge in [-0.25, -0.2) is 0 Å². The fourth-order valence-corrected chi connectivity index (χ4v) is 3.05. The van der Waals surface area contributed by atoms with Gasteiger partial charge in [0.1, 0.15) is 12.2 Å². The molecule has 0 aromatic heterocycles. The van der Waals surface area contributed by atoms with Crippen LogP contribution in [0, 0.1) is 5.92 Å². The Morgan fingerprint density at radius 2 is 1.70 bits per heavy atom. The fraction of sp³-hybridized carbons (Fsp3) is 0.533. The maximum atomic E-state index is 10.1. The Bertz CT molecular complexity index is 508. The van der Waals surface area contributed by atoms with Crippen molar-refractivity contribution in [3.63, 3.8) is 0 Å². The van der Waals surface area contributed by atoms with Crippen molar-refractivity contribution < 1.29 is 50.0 Å². The molecule has 8 heteroatoms. The molecule has 1 aliphatic rings. The van der Waals surface area contributed by atoms with Gasteiger partial charge >= 0.3 is 29.6 Å². The molecule has 0 spiro atoms. The molecule has 0 heterocycles. The number of aliphatic hydroxyl groups is 4. The molecule has 0 radical (unpaired) electrons. The SMILES string of the molecule is O[C@@H]1[C@@H](O)[C@@H](O)CC(CN(Cc2ccccc2)C(=S)[S-])[C@H]1O.[Na+]. The van der Waals surface area contributed by atoms with Crippen LogP contribution in [0.5, 0.6) is 0 Å². The largest absolute Gasteiger partial charge is 1.00 e. The van der Waals surface area contributed by atoms with E-state index in [1.54, 1.807) is 4.90 Å². The van der Waals surface area contributed by atoms with Crippen molar-refractivity contribution in [2.75, 3.05) is 6.54 Å². The smallest absolute Gasteiger partial charge is 0.411 e. The first kappa shape index (κ1) is 21.2. The maximum Gasteiger partial charge on any atom is 1.00 e. The maximum absolute atomic E-state index is 10.1. The van der Waals surface area contributed by atoms with Crippen LogP contribution in [-0.2, 0) is 19.2 Å². The summed E-state index contributed by atoms with van der Waals surface area (Å²) in [5.41, 5.74) is 1.03. The van der Waals surface area contributed by atoms with Gasteiger partial charge in [-0.15, -0.1) is 0 Å². The number of rotatable bonds is 4. The normalized spacial score (nSPS) is 30.3. The van der Waals surface area contributed by atoms with Crippen LogP contribution in [0.3, 0.4) is 0 Å². The van der Waals surface area contributed by atoms with E-state index in [1.807, 2.05) is 30.3 Å². The summed E-state index contributed by atoms with van der Waals surface area (Å²) in [5, 5.41) is 39.3. The summed E-state index contributed by atoms with van der Waals surface area (Å²) in [4.78, 5) is 1.75. The third-order valence-corrected chi connectivity index (χ3v) is 4.57. The van der Waals surface area contributed by atoms with Gasteiger partial charge in [0.15, 0.2) is 0 Å². The molecule has 0 amide bonds. The zero-order valence-electron chi connectivity index (χ0n) is 12.9. The summed E-state index contributed by atoms with van der Waals surface area (Å²) in [6.45, 7) is 0.820. The van der Waals surface area contributed by atoms with Gasteiger partial charge in [0, 0.05) is 19.0 Å². The van der Waals surface area contributed by atoms with E-state index in [2.05, 4.69) is 0 Å². The molecule has 1 aromatic rings. The van der Waals surface area contributed by atoms with Gasteiger partial charge in [0.25, 0.3) is 0 Å². The van der Waals surface area contributed by atoms with Gasteiger partial charge in [-0.1, -0.05) is 34.7 Å². The van der Waals surface area contributed by atoms with E-state index in [-0.39, 0.29) is 40.3 Å². The predicted octanol–water partition coefficient (Wildman–Crippen LogP) is -3.21. The Kier molecular flexibility index (Phi) is 8.85. The molecule has 5 nitrogen and oxygen atoms in total. The molecule has 2 rings (SSSR count). The number of hydrogen-bond acceptors (Lipinski definition) is 6. The third-order valence-electron chi connectivity index (χ3n) is 4.05. The van der Waals surface area contributed by atoms with Crippen LogP contribution in [0.1, 0.15) is 12.0 Å². The van der Waals surface area contributed by atoms with E-state index in [0.717, 1.165) is 5.56 Å². The number of nitrogens with zero attached hydrogens (tertiary/aromatic N) is 1. The minimum atomic E-state index is -1.37. The van der Waals surface area contributed by atoms with Crippen molar-refractivity contribution in [1.29, 1.82) is 0 Å². The number of benzene rings is 1. The van der Waals surface area contributed by atoms with E-state index in [4.69, 9.17) is 24.8 Å². The van der Waals surface area contributed by atoms with Gasteiger partial charge in [-0.3, -0.25) is 0 Å². The summed E-state index contributed by atoms with van der Waals surface area (Å²) in [5.74, 6) is -0.419. The molecule has 4 N–H and O–H groups in total. The third kappa shape index (κ3) is 5.59. The second-order valence-electron chi connectivity index (χ2n) is 5.67. The Morgan fingerprint density at radius 3 is 2.26 bits per heavy atom. The van der Waals surface area contributed by atoms with Crippen molar-refractivity contribution in [3.05, 3.63) is 35.9 Å². The molecule has 122 valence electrons. The summed E-state index contributed by atoms with van der Waals surface area (Å²) in [6, 6.07) is 9.65. The van der Waals surface area contributed by atoms with Crippen LogP contribution < -0.4 is 29.6 Å². The average molecular weight is 365 g/mol. The van der Waals surface area contributed by atoms with Gasteiger partial charge < -0.3 is 50.2 Å². The van der Waals surface area contributed by atoms with Crippen LogP contribution in [0.2, 0.25) is 0 Å². The number of thiocarbonyl (C=S) groups is 1. The molecular formula is C15H20NNaO4S2. The average Bonchev–Trinajstić information content (AvgIpc) is 2.50. The molecule has 0 saturated heterocycles. The monoisotopic (exact) mass is 365 g/mol. The molecule has 5 atom stereocenters. The molecule has 1 fully saturated rings. The molecule has 1 unspecified atom stereocenters. The molecule has 1 saturated carbocycles. The van der Waals surface area contributed by atoms with E-state index in [1.165, 1.54) is 0 Å². The van der Waals surface area contributed by atoms with Crippen LogP contribution in [0.25, 0.3) is 0 Å². The van der Waals surface area contributed by atoms with Crippen molar-refractivity contribution in [1.82, 2.24) is 4.90 Å². The number of hydrogen-bond donors (Lipinski definition) is 4. The zero-order valence-corrected chi connectivity index (χ0v) is 16.6. The first-order valence-corrected chi connectivity index (χ1v) is 7.94. The van der Waals surface area contributed by atoms with E-state index in [0.29, 0.717) is 13.1 Å². The van der Waals surface area contributed by atoms with Crippen LogP contribution >= 0.6 is 12.2 Å².